The van der Waals surface area contributed by atoms with Crippen molar-refractivity contribution in [2.75, 3.05) is 13.2 Å². The van der Waals surface area contributed by atoms with Gasteiger partial charge in [0.25, 0.3) is 0 Å². The molecule has 0 amide bonds. The highest BCUT2D eigenvalue weighted by Gasteiger charge is 2.19. The lowest BCUT2D eigenvalue weighted by molar-refractivity contribution is -0.167. The molecule has 0 aromatic carbocycles. The molecule has 6 nitrogen and oxygen atoms in total. The van der Waals surface area contributed by atoms with Gasteiger partial charge in [-0.15, -0.1) is 0 Å². The molecule has 0 aromatic rings. The highest BCUT2D eigenvalue weighted by molar-refractivity contribution is 5.71. The van der Waals surface area contributed by atoms with E-state index in [1.165, 1.54) is 83.5 Å². The van der Waals surface area contributed by atoms with Crippen molar-refractivity contribution in [2.24, 2.45) is 0 Å². The van der Waals surface area contributed by atoms with Crippen LogP contribution in [0.5, 0.6) is 0 Å². The van der Waals surface area contributed by atoms with Crippen LogP contribution in [0.3, 0.4) is 0 Å². The number of hydrogen-bond donors (Lipinski definition) is 0. The van der Waals surface area contributed by atoms with Gasteiger partial charge >= 0.3 is 17.9 Å². The first-order valence-corrected chi connectivity index (χ1v) is 22.6. The Labute approximate surface area is 333 Å². The van der Waals surface area contributed by atoms with Gasteiger partial charge in [0, 0.05) is 19.3 Å². The molecule has 0 N–H and O–H groups in total. The van der Waals surface area contributed by atoms with E-state index < -0.39 is 6.10 Å². The largest absolute Gasteiger partial charge is 0.462 e. The fraction of sp³-hybridized carbons (Fsp3) is 0.771. The van der Waals surface area contributed by atoms with Crippen molar-refractivity contribution < 1.29 is 28.6 Å². The molecule has 0 bridgehead atoms. The quantitative estimate of drug-likeness (QED) is 0.0268. The van der Waals surface area contributed by atoms with Crippen molar-refractivity contribution in [1.29, 1.82) is 0 Å². The van der Waals surface area contributed by atoms with Crippen LogP contribution >= 0.6 is 0 Å². The maximum atomic E-state index is 12.7. The fourth-order valence-electron chi connectivity index (χ4n) is 6.14. The van der Waals surface area contributed by atoms with Crippen LogP contribution in [0, 0.1) is 0 Å². The molecule has 54 heavy (non-hydrogen) atoms. The topological polar surface area (TPSA) is 78.9 Å². The van der Waals surface area contributed by atoms with Crippen molar-refractivity contribution in [3.8, 4) is 0 Å². The second-order valence-corrected chi connectivity index (χ2v) is 14.9. The Kier molecular flexibility index (Phi) is 41.0. The zero-order valence-corrected chi connectivity index (χ0v) is 35.5. The van der Waals surface area contributed by atoms with Crippen LogP contribution in [0.25, 0.3) is 0 Å². The zero-order valence-electron chi connectivity index (χ0n) is 35.5. The average Bonchev–Trinajstić information content (AvgIpc) is 3.17. The summed E-state index contributed by atoms with van der Waals surface area (Å²) in [6.45, 7) is 6.42. The molecule has 0 aliphatic heterocycles. The van der Waals surface area contributed by atoms with Crippen LogP contribution < -0.4 is 0 Å². The molecule has 0 heterocycles. The Morgan fingerprint density at radius 2 is 0.741 bits per heavy atom. The predicted molar refractivity (Wildman–Crippen MR) is 229 cm³/mol. The molecule has 1 unspecified atom stereocenters. The van der Waals surface area contributed by atoms with E-state index in [1.54, 1.807) is 0 Å². The molecule has 0 saturated heterocycles. The van der Waals surface area contributed by atoms with E-state index in [0.29, 0.717) is 19.3 Å². The van der Waals surface area contributed by atoms with E-state index in [-0.39, 0.29) is 37.5 Å². The van der Waals surface area contributed by atoms with Gasteiger partial charge in [-0.05, 0) is 70.6 Å². The van der Waals surface area contributed by atoms with Gasteiger partial charge in [0.1, 0.15) is 13.2 Å². The minimum absolute atomic E-state index is 0.0906. The van der Waals surface area contributed by atoms with E-state index in [0.717, 1.165) is 89.9 Å². The van der Waals surface area contributed by atoms with Crippen molar-refractivity contribution in [3.05, 3.63) is 48.6 Å². The van der Waals surface area contributed by atoms with Gasteiger partial charge in [-0.2, -0.15) is 0 Å². The third-order valence-corrected chi connectivity index (χ3v) is 9.57. The van der Waals surface area contributed by atoms with Gasteiger partial charge in [0.15, 0.2) is 6.10 Å². The van der Waals surface area contributed by atoms with Crippen molar-refractivity contribution in [1.82, 2.24) is 0 Å². The smallest absolute Gasteiger partial charge is 0.306 e. The summed E-state index contributed by atoms with van der Waals surface area (Å²) in [6.07, 6.45) is 49.6. The van der Waals surface area contributed by atoms with Crippen LogP contribution in [0.2, 0.25) is 0 Å². The van der Waals surface area contributed by atoms with Gasteiger partial charge in [-0.1, -0.05) is 179 Å². The minimum Gasteiger partial charge on any atom is -0.462 e. The van der Waals surface area contributed by atoms with Gasteiger partial charge in [-0.3, -0.25) is 14.4 Å². The van der Waals surface area contributed by atoms with Crippen molar-refractivity contribution >= 4 is 17.9 Å². The van der Waals surface area contributed by atoms with E-state index in [9.17, 15) is 14.4 Å². The summed E-state index contributed by atoms with van der Waals surface area (Å²) in [6, 6.07) is 0. The predicted octanol–water partition coefficient (Wildman–Crippen LogP) is 14.4. The molecule has 0 aromatic heterocycles. The molecule has 0 fully saturated rings. The summed E-state index contributed by atoms with van der Waals surface area (Å²) in [5.74, 6) is -0.946. The molecule has 0 saturated carbocycles. The Morgan fingerprint density at radius 1 is 0.389 bits per heavy atom. The molecular weight excluding hydrogens is 673 g/mol. The Morgan fingerprint density at radius 3 is 1.24 bits per heavy atom. The van der Waals surface area contributed by atoms with Gasteiger partial charge in [-0.25, -0.2) is 0 Å². The van der Waals surface area contributed by atoms with Crippen LogP contribution in [-0.2, 0) is 28.6 Å². The number of carbonyl (C=O) groups excluding carboxylic acids is 3. The minimum atomic E-state index is -0.792. The lowest BCUT2D eigenvalue weighted by atomic mass is 10.0. The SMILES string of the molecule is CC/C=C\C/C=C\C/C=C\CCCCC(=O)OC(COC(=O)CCCCCC/C=C\CCCC)COC(=O)CCCCCCCCCCCCCCCC. The Hall–Kier alpha value is -2.63. The monoisotopic (exact) mass is 757 g/mol. The summed E-state index contributed by atoms with van der Waals surface area (Å²) >= 11 is 0. The number of carbonyl (C=O) groups is 3. The van der Waals surface area contributed by atoms with Crippen LogP contribution in [-0.4, -0.2) is 37.2 Å². The lowest BCUT2D eigenvalue weighted by Gasteiger charge is -2.18. The Balaban J connectivity index is 4.41. The number of esters is 3. The molecule has 0 aliphatic rings. The summed E-state index contributed by atoms with van der Waals surface area (Å²) in [7, 11) is 0. The van der Waals surface area contributed by atoms with E-state index in [4.69, 9.17) is 14.2 Å². The van der Waals surface area contributed by atoms with Crippen LogP contribution in [0.4, 0.5) is 0 Å². The first-order valence-electron chi connectivity index (χ1n) is 22.6. The molecule has 1 atom stereocenters. The lowest BCUT2D eigenvalue weighted by Crippen LogP contribution is -2.30. The second kappa shape index (κ2) is 43.1. The molecule has 312 valence electrons. The number of hydrogen-bond acceptors (Lipinski definition) is 6. The molecule has 0 radical (unpaired) electrons. The van der Waals surface area contributed by atoms with Gasteiger partial charge in [0.05, 0.1) is 0 Å². The van der Waals surface area contributed by atoms with E-state index >= 15 is 0 Å². The standard InChI is InChI=1S/C48H84O6/c1-4-7-10-13-16-19-22-24-25-27-29-32-35-38-41-47(50)53-44-45(43-52-46(49)40-37-34-31-28-21-18-15-12-9-6-3)54-48(51)42-39-36-33-30-26-23-20-17-14-11-8-5-2/h8,11,15,17-18,20,26,30,45H,4-7,9-10,12-14,16,19,21-25,27-29,31-44H2,1-3H3/b11-8-,18-15-,20-17-,30-26-. The third-order valence-electron chi connectivity index (χ3n) is 9.57. The first-order chi connectivity index (χ1) is 26.5. The summed E-state index contributed by atoms with van der Waals surface area (Å²) < 4.78 is 16.6. The molecular formula is C48H84O6. The maximum absolute atomic E-state index is 12.7. The molecule has 6 heteroatoms. The molecule has 0 rings (SSSR count). The second-order valence-electron chi connectivity index (χ2n) is 14.9. The summed E-state index contributed by atoms with van der Waals surface area (Å²) in [4.78, 5) is 37.7. The number of rotatable bonds is 40. The highest BCUT2D eigenvalue weighted by Crippen LogP contribution is 2.14. The number of unbranched alkanes of at least 4 members (excludes halogenated alkanes) is 21. The third kappa shape index (κ3) is 40.6. The van der Waals surface area contributed by atoms with Gasteiger partial charge in [0.2, 0.25) is 0 Å². The average molecular weight is 757 g/mol. The summed E-state index contributed by atoms with van der Waals surface area (Å²) in [5.41, 5.74) is 0. The first kappa shape index (κ1) is 51.4. The fourth-order valence-corrected chi connectivity index (χ4v) is 6.14. The van der Waals surface area contributed by atoms with Crippen LogP contribution in [0.15, 0.2) is 48.6 Å². The van der Waals surface area contributed by atoms with E-state index in [2.05, 4.69) is 69.4 Å². The number of ether oxygens (including phenoxy) is 3. The van der Waals surface area contributed by atoms with Gasteiger partial charge < -0.3 is 14.2 Å². The van der Waals surface area contributed by atoms with Crippen LogP contribution in [0.1, 0.15) is 220 Å². The zero-order chi connectivity index (χ0) is 39.4. The van der Waals surface area contributed by atoms with Crippen molar-refractivity contribution in [3.63, 3.8) is 0 Å². The van der Waals surface area contributed by atoms with E-state index in [1.807, 2.05) is 0 Å². The molecule has 0 aliphatic carbocycles. The molecule has 0 spiro atoms. The Bertz CT molecular complexity index is 964. The summed E-state index contributed by atoms with van der Waals surface area (Å²) in [5, 5.41) is 0. The normalized spacial score (nSPS) is 12.4. The van der Waals surface area contributed by atoms with Crippen molar-refractivity contribution in [2.45, 2.75) is 226 Å². The number of allylic oxidation sites excluding steroid dienone is 8. The maximum Gasteiger partial charge on any atom is 0.306 e. The highest BCUT2D eigenvalue weighted by atomic mass is 16.6.